The van der Waals surface area contributed by atoms with Crippen LogP contribution in [0.25, 0.3) is 0 Å². The SMILES string of the molecule is Nc1ccc(CCC(=O)NC2CCS(=O)CC2)cc1. The molecule has 0 bridgehead atoms. The van der Waals surface area contributed by atoms with Gasteiger partial charge in [-0.3, -0.25) is 9.00 Å². The van der Waals surface area contributed by atoms with Gasteiger partial charge >= 0.3 is 0 Å². The molecule has 1 aliphatic rings. The molecule has 4 nitrogen and oxygen atoms in total. The smallest absolute Gasteiger partial charge is 0.220 e. The van der Waals surface area contributed by atoms with Crippen molar-refractivity contribution in [2.24, 2.45) is 0 Å². The number of carbonyl (C=O) groups excluding carboxylic acids is 1. The van der Waals surface area contributed by atoms with Gasteiger partial charge < -0.3 is 11.1 Å². The Morgan fingerprint density at radius 3 is 2.53 bits per heavy atom. The number of hydrogen-bond donors (Lipinski definition) is 2. The Hall–Kier alpha value is -1.36. The topological polar surface area (TPSA) is 72.2 Å². The molecule has 3 N–H and O–H groups in total. The number of aryl methyl sites for hydroxylation is 1. The number of amides is 1. The van der Waals surface area contributed by atoms with Gasteiger partial charge in [-0.05, 0) is 37.0 Å². The van der Waals surface area contributed by atoms with Gasteiger partial charge in [0, 0.05) is 40.5 Å². The Kier molecular flexibility index (Phi) is 4.96. The molecule has 0 atom stereocenters. The van der Waals surface area contributed by atoms with Crippen molar-refractivity contribution in [3.8, 4) is 0 Å². The zero-order chi connectivity index (χ0) is 13.7. The molecule has 1 fully saturated rings. The normalized spacial score (nSPS) is 22.9. The minimum absolute atomic E-state index is 0.0782. The van der Waals surface area contributed by atoms with Crippen molar-refractivity contribution in [3.63, 3.8) is 0 Å². The predicted octanol–water partition coefficient (Wildman–Crippen LogP) is 1.23. The first-order valence-electron chi connectivity index (χ1n) is 6.62. The summed E-state index contributed by atoms with van der Waals surface area (Å²) in [6, 6.07) is 7.81. The van der Waals surface area contributed by atoms with E-state index in [0.717, 1.165) is 30.5 Å². The van der Waals surface area contributed by atoms with Crippen LogP contribution < -0.4 is 11.1 Å². The number of benzene rings is 1. The second-order valence-corrected chi connectivity index (χ2v) is 6.63. The number of anilines is 1. The van der Waals surface area contributed by atoms with Crippen molar-refractivity contribution in [2.45, 2.75) is 31.7 Å². The average molecular weight is 280 g/mol. The maximum atomic E-state index is 11.8. The van der Waals surface area contributed by atoms with E-state index in [1.807, 2.05) is 24.3 Å². The molecule has 0 spiro atoms. The molecule has 1 heterocycles. The molecule has 1 aliphatic heterocycles. The molecule has 104 valence electrons. The Morgan fingerprint density at radius 1 is 1.26 bits per heavy atom. The average Bonchev–Trinajstić information content (AvgIpc) is 2.41. The first-order valence-corrected chi connectivity index (χ1v) is 8.11. The Balaban J connectivity index is 1.72. The number of nitrogens with two attached hydrogens (primary N) is 1. The largest absolute Gasteiger partial charge is 0.399 e. The molecule has 1 saturated heterocycles. The molecule has 1 amide bonds. The van der Waals surface area contributed by atoms with Gasteiger partial charge in [0.15, 0.2) is 0 Å². The fourth-order valence-electron chi connectivity index (χ4n) is 2.18. The van der Waals surface area contributed by atoms with Crippen molar-refractivity contribution in [1.29, 1.82) is 0 Å². The van der Waals surface area contributed by atoms with E-state index in [9.17, 15) is 9.00 Å². The van der Waals surface area contributed by atoms with Crippen LogP contribution in [0.4, 0.5) is 5.69 Å². The van der Waals surface area contributed by atoms with Gasteiger partial charge in [-0.25, -0.2) is 0 Å². The maximum absolute atomic E-state index is 11.8. The van der Waals surface area contributed by atoms with Gasteiger partial charge in [0.1, 0.15) is 0 Å². The summed E-state index contributed by atoms with van der Waals surface area (Å²) >= 11 is 0. The Bertz CT molecular complexity index is 449. The van der Waals surface area contributed by atoms with Crippen LogP contribution in [0.3, 0.4) is 0 Å². The lowest BCUT2D eigenvalue weighted by Gasteiger charge is -2.22. The fraction of sp³-hybridized carbons (Fsp3) is 0.500. The van der Waals surface area contributed by atoms with Gasteiger partial charge in [-0.15, -0.1) is 0 Å². The van der Waals surface area contributed by atoms with Crippen molar-refractivity contribution in [1.82, 2.24) is 5.32 Å². The molecular weight excluding hydrogens is 260 g/mol. The van der Waals surface area contributed by atoms with Crippen LogP contribution >= 0.6 is 0 Å². The molecule has 2 rings (SSSR count). The quantitative estimate of drug-likeness (QED) is 0.815. The monoisotopic (exact) mass is 280 g/mol. The van der Waals surface area contributed by atoms with Gasteiger partial charge in [-0.1, -0.05) is 12.1 Å². The summed E-state index contributed by atoms with van der Waals surface area (Å²) in [7, 11) is -0.675. The van der Waals surface area contributed by atoms with E-state index in [0.29, 0.717) is 17.9 Å². The minimum Gasteiger partial charge on any atom is -0.399 e. The van der Waals surface area contributed by atoms with Gasteiger partial charge in [0.05, 0.1) is 0 Å². The van der Waals surface area contributed by atoms with Crippen molar-refractivity contribution in [2.75, 3.05) is 17.2 Å². The van der Waals surface area contributed by atoms with Crippen LogP contribution in [0.1, 0.15) is 24.8 Å². The summed E-state index contributed by atoms with van der Waals surface area (Å²) in [6.07, 6.45) is 2.88. The second kappa shape index (κ2) is 6.70. The van der Waals surface area contributed by atoms with Gasteiger partial charge in [-0.2, -0.15) is 0 Å². The highest BCUT2D eigenvalue weighted by Gasteiger charge is 2.19. The van der Waals surface area contributed by atoms with Crippen molar-refractivity contribution in [3.05, 3.63) is 29.8 Å². The number of carbonyl (C=O) groups is 1. The van der Waals surface area contributed by atoms with Crippen LogP contribution in [0.15, 0.2) is 24.3 Å². The van der Waals surface area contributed by atoms with E-state index in [4.69, 9.17) is 5.73 Å². The highest BCUT2D eigenvalue weighted by Crippen LogP contribution is 2.11. The zero-order valence-electron chi connectivity index (χ0n) is 10.9. The number of nitrogens with one attached hydrogen (secondary N) is 1. The molecular formula is C14H20N2O2S. The minimum atomic E-state index is -0.675. The highest BCUT2D eigenvalue weighted by molar-refractivity contribution is 7.85. The summed E-state index contributed by atoms with van der Waals surface area (Å²) in [5, 5.41) is 3.02. The first-order chi connectivity index (χ1) is 9.13. The number of nitrogen functional groups attached to an aromatic ring is 1. The van der Waals surface area contributed by atoms with Crippen LogP contribution in [0.5, 0.6) is 0 Å². The molecule has 1 aromatic rings. The molecule has 5 heteroatoms. The lowest BCUT2D eigenvalue weighted by atomic mass is 10.1. The molecule has 0 saturated carbocycles. The van der Waals surface area contributed by atoms with Crippen LogP contribution in [-0.4, -0.2) is 27.7 Å². The third-order valence-corrected chi connectivity index (χ3v) is 4.76. The van der Waals surface area contributed by atoms with Crippen LogP contribution in [0, 0.1) is 0 Å². The molecule has 0 aromatic heterocycles. The first kappa shape index (κ1) is 14.1. The van der Waals surface area contributed by atoms with E-state index in [-0.39, 0.29) is 11.9 Å². The van der Waals surface area contributed by atoms with E-state index in [1.54, 1.807) is 0 Å². The van der Waals surface area contributed by atoms with Crippen molar-refractivity contribution >= 4 is 22.4 Å². The lowest BCUT2D eigenvalue weighted by Crippen LogP contribution is -2.39. The van der Waals surface area contributed by atoms with E-state index in [2.05, 4.69) is 5.32 Å². The molecule has 0 radical (unpaired) electrons. The third-order valence-electron chi connectivity index (χ3n) is 3.37. The summed E-state index contributed by atoms with van der Waals surface area (Å²) in [4.78, 5) is 11.8. The molecule has 0 unspecified atom stereocenters. The van der Waals surface area contributed by atoms with E-state index >= 15 is 0 Å². The van der Waals surface area contributed by atoms with Gasteiger partial charge in [0.2, 0.25) is 5.91 Å². The fourth-order valence-corrected chi connectivity index (χ4v) is 3.48. The summed E-state index contributed by atoms with van der Waals surface area (Å²) in [5.41, 5.74) is 7.47. The summed E-state index contributed by atoms with van der Waals surface area (Å²) in [5.74, 6) is 1.50. The zero-order valence-corrected chi connectivity index (χ0v) is 11.7. The maximum Gasteiger partial charge on any atom is 0.220 e. The lowest BCUT2D eigenvalue weighted by molar-refractivity contribution is -0.121. The molecule has 19 heavy (non-hydrogen) atoms. The third kappa shape index (κ3) is 4.67. The van der Waals surface area contributed by atoms with Crippen molar-refractivity contribution < 1.29 is 9.00 Å². The standard InChI is InChI=1S/C14H20N2O2S/c15-12-4-1-11(2-5-12)3-6-14(17)16-13-7-9-19(18)10-8-13/h1-2,4-5,13H,3,6-10,15H2,(H,16,17). The molecule has 1 aromatic carbocycles. The Morgan fingerprint density at radius 2 is 1.89 bits per heavy atom. The molecule has 0 aliphatic carbocycles. The van der Waals surface area contributed by atoms with E-state index in [1.165, 1.54) is 0 Å². The van der Waals surface area contributed by atoms with Gasteiger partial charge in [0.25, 0.3) is 0 Å². The summed E-state index contributed by atoms with van der Waals surface area (Å²) in [6.45, 7) is 0. The second-order valence-electron chi connectivity index (χ2n) is 4.93. The number of hydrogen-bond acceptors (Lipinski definition) is 3. The highest BCUT2D eigenvalue weighted by atomic mass is 32.2. The Labute approximate surface area is 116 Å². The number of rotatable bonds is 4. The van der Waals surface area contributed by atoms with Crippen LogP contribution in [0.2, 0.25) is 0 Å². The van der Waals surface area contributed by atoms with E-state index < -0.39 is 10.8 Å². The summed E-state index contributed by atoms with van der Waals surface area (Å²) < 4.78 is 11.2. The predicted molar refractivity (Wildman–Crippen MR) is 78.2 cm³/mol. The van der Waals surface area contributed by atoms with Crippen LogP contribution in [-0.2, 0) is 22.0 Å².